The molecular formula is C13H30N2. The molecule has 2 nitrogen and oxygen atoms in total. The van der Waals surface area contributed by atoms with Crippen molar-refractivity contribution in [3.63, 3.8) is 0 Å². The maximum atomic E-state index is 3.51. The maximum Gasteiger partial charge on any atom is 0.00469 e. The molecule has 0 aromatic carbocycles. The lowest BCUT2D eigenvalue weighted by Gasteiger charge is -2.36. The van der Waals surface area contributed by atoms with E-state index in [9.17, 15) is 0 Å². The zero-order valence-corrected chi connectivity index (χ0v) is 11.4. The molecule has 0 heterocycles. The molecule has 0 fully saturated rings. The van der Waals surface area contributed by atoms with Gasteiger partial charge in [0, 0.05) is 13.1 Å². The van der Waals surface area contributed by atoms with Crippen LogP contribution in [0.15, 0.2) is 0 Å². The van der Waals surface area contributed by atoms with E-state index in [1.54, 1.807) is 0 Å². The minimum absolute atomic E-state index is 0.472. The van der Waals surface area contributed by atoms with E-state index in [2.05, 4.69) is 45.0 Å². The molecule has 2 heteroatoms. The van der Waals surface area contributed by atoms with Crippen molar-refractivity contribution in [1.29, 1.82) is 0 Å². The van der Waals surface area contributed by atoms with Gasteiger partial charge in [0.15, 0.2) is 0 Å². The highest BCUT2D eigenvalue weighted by Gasteiger charge is 2.26. The predicted octanol–water partition coefficient (Wildman–Crippen LogP) is 2.74. The first-order chi connectivity index (χ1) is 7.14. The zero-order valence-electron chi connectivity index (χ0n) is 11.4. The van der Waals surface area contributed by atoms with Gasteiger partial charge in [-0.2, -0.15) is 0 Å². The van der Waals surface area contributed by atoms with E-state index >= 15 is 0 Å². The van der Waals surface area contributed by atoms with E-state index in [1.807, 2.05) is 0 Å². The van der Waals surface area contributed by atoms with E-state index in [0.29, 0.717) is 5.41 Å². The molecule has 15 heavy (non-hydrogen) atoms. The third-order valence-electron chi connectivity index (χ3n) is 3.46. The third-order valence-corrected chi connectivity index (χ3v) is 3.46. The van der Waals surface area contributed by atoms with E-state index in [1.165, 1.54) is 32.4 Å². The molecule has 0 unspecified atom stereocenters. The number of nitrogens with one attached hydrogen (secondary N) is 1. The smallest absolute Gasteiger partial charge is 0.00469 e. The largest absolute Gasteiger partial charge is 0.316 e. The van der Waals surface area contributed by atoms with Gasteiger partial charge in [-0.15, -0.1) is 0 Å². The van der Waals surface area contributed by atoms with Crippen LogP contribution in [0.1, 0.15) is 47.0 Å². The molecule has 0 radical (unpaired) electrons. The number of hydrogen-bond acceptors (Lipinski definition) is 2. The van der Waals surface area contributed by atoms with Crippen LogP contribution in [0.3, 0.4) is 0 Å². The van der Waals surface area contributed by atoms with Crippen LogP contribution in [-0.4, -0.2) is 38.1 Å². The minimum atomic E-state index is 0.472. The van der Waals surface area contributed by atoms with Crippen LogP contribution in [0.4, 0.5) is 0 Å². The summed E-state index contributed by atoms with van der Waals surface area (Å²) in [6, 6.07) is 0. The van der Waals surface area contributed by atoms with Crippen LogP contribution in [0.5, 0.6) is 0 Å². The summed E-state index contributed by atoms with van der Waals surface area (Å²) in [4.78, 5) is 2.48. The minimum Gasteiger partial charge on any atom is -0.316 e. The SMILES string of the molecule is CCCN(C)CC(CC)(CC)CNCC. The molecular weight excluding hydrogens is 184 g/mol. The molecule has 0 atom stereocenters. The van der Waals surface area contributed by atoms with E-state index < -0.39 is 0 Å². The fraction of sp³-hybridized carbons (Fsp3) is 1.00. The van der Waals surface area contributed by atoms with Gasteiger partial charge in [-0.05, 0) is 44.8 Å². The second-order valence-corrected chi connectivity index (χ2v) is 4.73. The lowest BCUT2D eigenvalue weighted by molar-refractivity contribution is 0.156. The second-order valence-electron chi connectivity index (χ2n) is 4.73. The lowest BCUT2D eigenvalue weighted by Crippen LogP contribution is -2.42. The van der Waals surface area contributed by atoms with Crippen molar-refractivity contribution >= 4 is 0 Å². The maximum absolute atomic E-state index is 3.51. The Balaban J connectivity index is 4.21. The van der Waals surface area contributed by atoms with Crippen molar-refractivity contribution in [3.8, 4) is 0 Å². The average molecular weight is 214 g/mol. The molecule has 0 aliphatic heterocycles. The Morgan fingerprint density at radius 1 is 1.07 bits per heavy atom. The van der Waals surface area contributed by atoms with Crippen LogP contribution in [0, 0.1) is 5.41 Å². The molecule has 92 valence electrons. The lowest BCUT2D eigenvalue weighted by atomic mass is 9.81. The van der Waals surface area contributed by atoms with Crippen molar-refractivity contribution in [1.82, 2.24) is 10.2 Å². The topological polar surface area (TPSA) is 15.3 Å². The van der Waals surface area contributed by atoms with Crippen LogP contribution < -0.4 is 5.32 Å². The van der Waals surface area contributed by atoms with Gasteiger partial charge in [0.25, 0.3) is 0 Å². The summed E-state index contributed by atoms with van der Waals surface area (Å²) in [6.45, 7) is 13.8. The van der Waals surface area contributed by atoms with Gasteiger partial charge < -0.3 is 10.2 Å². The van der Waals surface area contributed by atoms with Gasteiger partial charge in [0.2, 0.25) is 0 Å². The highest BCUT2D eigenvalue weighted by Crippen LogP contribution is 2.26. The molecule has 0 aromatic heterocycles. The number of nitrogens with zero attached hydrogens (tertiary/aromatic N) is 1. The number of rotatable bonds is 9. The molecule has 0 aliphatic carbocycles. The van der Waals surface area contributed by atoms with Gasteiger partial charge in [-0.25, -0.2) is 0 Å². The van der Waals surface area contributed by atoms with Gasteiger partial charge >= 0.3 is 0 Å². The number of hydrogen-bond donors (Lipinski definition) is 1. The first-order valence-electron chi connectivity index (χ1n) is 6.53. The molecule has 0 rings (SSSR count). The molecule has 0 aromatic rings. The Morgan fingerprint density at radius 2 is 1.67 bits per heavy atom. The monoisotopic (exact) mass is 214 g/mol. The van der Waals surface area contributed by atoms with Crippen molar-refractivity contribution in [2.45, 2.75) is 47.0 Å². The van der Waals surface area contributed by atoms with Gasteiger partial charge in [-0.1, -0.05) is 27.7 Å². The summed E-state index contributed by atoms with van der Waals surface area (Å²) >= 11 is 0. The summed E-state index contributed by atoms with van der Waals surface area (Å²) < 4.78 is 0. The molecule has 0 bridgehead atoms. The normalized spacial score (nSPS) is 12.4. The fourth-order valence-electron chi connectivity index (χ4n) is 2.20. The summed E-state index contributed by atoms with van der Waals surface area (Å²) in [5.74, 6) is 0. The summed E-state index contributed by atoms with van der Waals surface area (Å²) in [5, 5.41) is 3.51. The molecule has 0 spiro atoms. The molecule has 0 aliphatic rings. The standard InChI is InChI=1S/C13H30N2/c1-6-10-15(5)12-13(7-2,8-3)11-14-9-4/h14H,6-12H2,1-5H3. The Kier molecular flexibility index (Phi) is 8.07. The van der Waals surface area contributed by atoms with E-state index in [-0.39, 0.29) is 0 Å². The fourth-order valence-corrected chi connectivity index (χ4v) is 2.20. The Labute approximate surface area is 96.4 Å². The summed E-state index contributed by atoms with van der Waals surface area (Å²) in [7, 11) is 2.25. The Bertz CT molecular complexity index is 141. The predicted molar refractivity (Wildman–Crippen MR) is 69.3 cm³/mol. The van der Waals surface area contributed by atoms with Gasteiger partial charge in [0.05, 0.1) is 0 Å². The van der Waals surface area contributed by atoms with E-state index in [4.69, 9.17) is 0 Å². The Hall–Kier alpha value is -0.0800. The zero-order chi connectivity index (χ0) is 11.7. The molecule has 1 N–H and O–H groups in total. The van der Waals surface area contributed by atoms with Gasteiger partial charge in [0.1, 0.15) is 0 Å². The van der Waals surface area contributed by atoms with Crippen LogP contribution in [0.2, 0.25) is 0 Å². The van der Waals surface area contributed by atoms with E-state index in [0.717, 1.165) is 13.1 Å². The van der Waals surface area contributed by atoms with Crippen molar-refractivity contribution in [3.05, 3.63) is 0 Å². The first-order valence-corrected chi connectivity index (χ1v) is 6.53. The second kappa shape index (κ2) is 8.12. The first kappa shape index (κ1) is 14.9. The third kappa shape index (κ3) is 5.53. The quantitative estimate of drug-likeness (QED) is 0.635. The van der Waals surface area contributed by atoms with Crippen molar-refractivity contribution < 1.29 is 0 Å². The summed E-state index contributed by atoms with van der Waals surface area (Å²) in [6.07, 6.45) is 3.79. The highest BCUT2D eigenvalue weighted by atomic mass is 15.1. The average Bonchev–Trinajstić information content (AvgIpc) is 2.25. The van der Waals surface area contributed by atoms with Gasteiger partial charge in [-0.3, -0.25) is 0 Å². The van der Waals surface area contributed by atoms with Crippen LogP contribution in [0.25, 0.3) is 0 Å². The van der Waals surface area contributed by atoms with Crippen LogP contribution >= 0.6 is 0 Å². The van der Waals surface area contributed by atoms with Crippen molar-refractivity contribution in [2.24, 2.45) is 5.41 Å². The molecule has 0 saturated heterocycles. The highest BCUT2D eigenvalue weighted by molar-refractivity contribution is 4.81. The molecule has 0 saturated carbocycles. The van der Waals surface area contributed by atoms with Crippen molar-refractivity contribution in [2.75, 3.05) is 33.2 Å². The Morgan fingerprint density at radius 3 is 2.07 bits per heavy atom. The van der Waals surface area contributed by atoms with Crippen LogP contribution in [-0.2, 0) is 0 Å². The molecule has 0 amide bonds. The summed E-state index contributed by atoms with van der Waals surface area (Å²) in [5.41, 5.74) is 0.472.